The summed E-state index contributed by atoms with van der Waals surface area (Å²) in [5, 5.41) is 5.99. The maximum atomic E-state index is 5.54. The van der Waals surface area contributed by atoms with Gasteiger partial charge in [0.1, 0.15) is 5.75 Å². The van der Waals surface area contributed by atoms with Gasteiger partial charge in [-0.1, -0.05) is 38.1 Å². The summed E-state index contributed by atoms with van der Waals surface area (Å²) >= 11 is 0. The molecule has 0 bridgehead atoms. The molecule has 3 nitrogen and oxygen atoms in total. The number of fused-ring (bicyclic) bond motifs is 1. The standard InChI is InChI=1S/C20H30N2O/c1-5-22(6-2)13-9-10-16(3)21-18-14-17-11-7-8-12-19(17)20(15-18)23-4/h7-8,11-12,14-16,21H,5-6,9-10,13H2,1-4H3. The molecule has 0 spiro atoms. The normalized spacial score (nSPS) is 12.6. The molecule has 0 amide bonds. The Morgan fingerprint density at radius 2 is 1.87 bits per heavy atom. The van der Waals surface area contributed by atoms with Gasteiger partial charge in [0, 0.05) is 23.2 Å². The van der Waals surface area contributed by atoms with Gasteiger partial charge in [0.25, 0.3) is 0 Å². The monoisotopic (exact) mass is 314 g/mol. The van der Waals surface area contributed by atoms with E-state index in [1.165, 1.54) is 24.8 Å². The van der Waals surface area contributed by atoms with Gasteiger partial charge >= 0.3 is 0 Å². The number of nitrogens with zero attached hydrogens (tertiary/aromatic N) is 1. The Balaban J connectivity index is 1.98. The first-order valence-electron chi connectivity index (χ1n) is 8.73. The SMILES string of the molecule is CCN(CC)CCCC(C)Nc1cc(OC)c2ccccc2c1. The summed E-state index contributed by atoms with van der Waals surface area (Å²) in [6, 6.07) is 13.1. The lowest BCUT2D eigenvalue weighted by Gasteiger charge is -2.20. The van der Waals surface area contributed by atoms with E-state index in [0.717, 1.165) is 29.9 Å². The first-order chi connectivity index (χ1) is 11.2. The number of anilines is 1. The van der Waals surface area contributed by atoms with Crippen molar-refractivity contribution >= 4 is 16.5 Å². The number of nitrogens with one attached hydrogen (secondary N) is 1. The van der Waals surface area contributed by atoms with Crippen LogP contribution < -0.4 is 10.1 Å². The molecule has 1 atom stereocenters. The fourth-order valence-corrected chi connectivity index (χ4v) is 3.05. The Hall–Kier alpha value is -1.74. The van der Waals surface area contributed by atoms with Gasteiger partial charge < -0.3 is 15.0 Å². The summed E-state index contributed by atoms with van der Waals surface area (Å²) in [6.45, 7) is 10.2. The Morgan fingerprint density at radius 3 is 2.57 bits per heavy atom. The van der Waals surface area contributed by atoms with E-state index >= 15 is 0 Å². The van der Waals surface area contributed by atoms with Gasteiger partial charge in [0.15, 0.2) is 0 Å². The molecule has 0 aliphatic heterocycles. The van der Waals surface area contributed by atoms with Gasteiger partial charge in [0.05, 0.1) is 7.11 Å². The molecule has 0 aliphatic rings. The predicted molar refractivity (Wildman–Crippen MR) is 101 cm³/mol. The molecule has 0 aromatic heterocycles. The number of hydrogen-bond donors (Lipinski definition) is 1. The molecule has 0 radical (unpaired) electrons. The van der Waals surface area contributed by atoms with Crippen molar-refractivity contribution in [2.45, 2.75) is 39.7 Å². The molecule has 0 saturated carbocycles. The first kappa shape index (κ1) is 17.6. The van der Waals surface area contributed by atoms with Gasteiger partial charge in [0.2, 0.25) is 0 Å². The highest BCUT2D eigenvalue weighted by atomic mass is 16.5. The lowest BCUT2D eigenvalue weighted by molar-refractivity contribution is 0.295. The molecule has 1 unspecified atom stereocenters. The van der Waals surface area contributed by atoms with Crippen molar-refractivity contribution in [2.24, 2.45) is 0 Å². The van der Waals surface area contributed by atoms with Crippen LogP contribution in [0, 0.1) is 0 Å². The van der Waals surface area contributed by atoms with Crippen LogP contribution in [-0.2, 0) is 0 Å². The van der Waals surface area contributed by atoms with Crippen molar-refractivity contribution in [3.8, 4) is 5.75 Å². The maximum absolute atomic E-state index is 5.54. The highest BCUT2D eigenvalue weighted by Gasteiger charge is 2.08. The van der Waals surface area contributed by atoms with Crippen LogP contribution in [0.1, 0.15) is 33.6 Å². The second-order valence-corrected chi connectivity index (χ2v) is 6.11. The quantitative estimate of drug-likeness (QED) is 0.721. The van der Waals surface area contributed by atoms with Crippen molar-refractivity contribution in [1.29, 1.82) is 0 Å². The van der Waals surface area contributed by atoms with E-state index in [1.54, 1.807) is 7.11 Å². The van der Waals surface area contributed by atoms with Gasteiger partial charge in [-0.15, -0.1) is 0 Å². The Kier molecular flexibility index (Phi) is 6.72. The number of rotatable bonds is 9. The number of ether oxygens (including phenoxy) is 1. The molecular formula is C20H30N2O. The highest BCUT2D eigenvalue weighted by molar-refractivity contribution is 5.91. The molecule has 0 saturated heterocycles. The predicted octanol–water partition coefficient (Wildman–Crippen LogP) is 4.77. The molecular weight excluding hydrogens is 284 g/mol. The van der Waals surface area contributed by atoms with Gasteiger partial charge in [-0.25, -0.2) is 0 Å². The molecule has 1 N–H and O–H groups in total. The van der Waals surface area contributed by atoms with E-state index in [4.69, 9.17) is 4.74 Å². The van der Waals surface area contributed by atoms with Crippen molar-refractivity contribution < 1.29 is 4.74 Å². The van der Waals surface area contributed by atoms with Crippen LogP contribution in [-0.4, -0.2) is 37.7 Å². The van der Waals surface area contributed by atoms with Crippen LogP contribution >= 0.6 is 0 Å². The van der Waals surface area contributed by atoms with Gasteiger partial charge in [-0.05, 0) is 50.9 Å². The first-order valence-corrected chi connectivity index (χ1v) is 8.73. The summed E-state index contributed by atoms with van der Waals surface area (Å²) in [4.78, 5) is 2.48. The minimum atomic E-state index is 0.455. The fraction of sp³-hybridized carbons (Fsp3) is 0.500. The topological polar surface area (TPSA) is 24.5 Å². The number of hydrogen-bond acceptors (Lipinski definition) is 3. The average Bonchev–Trinajstić information content (AvgIpc) is 2.58. The molecule has 3 heteroatoms. The maximum Gasteiger partial charge on any atom is 0.128 e. The summed E-state index contributed by atoms with van der Waals surface area (Å²) < 4.78 is 5.54. The van der Waals surface area contributed by atoms with Crippen molar-refractivity contribution in [1.82, 2.24) is 4.90 Å². The lowest BCUT2D eigenvalue weighted by atomic mass is 10.1. The summed E-state index contributed by atoms with van der Waals surface area (Å²) in [6.07, 6.45) is 2.40. The molecule has 0 aliphatic carbocycles. The second kappa shape index (κ2) is 8.78. The van der Waals surface area contributed by atoms with Crippen LogP contribution in [0.5, 0.6) is 5.75 Å². The summed E-state index contributed by atoms with van der Waals surface area (Å²) in [5.41, 5.74) is 1.14. The van der Waals surface area contributed by atoms with Crippen molar-refractivity contribution in [3.63, 3.8) is 0 Å². The zero-order valence-electron chi connectivity index (χ0n) is 14.9. The smallest absolute Gasteiger partial charge is 0.128 e. The number of benzene rings is 2. The summed E-state index contributed by atoms with van der Waals surface area (Å²) in [7, 11) is 1.74. The third-order valence-corrected chi connectivity index (χ3v) is 4.46. The van der Waals surface area contributed by atoms with E-state index < -0.39 is 0 Å². The average molecular weight is 314 g/mol. The third kappa shape index (κ3) is 4.87. The van der Waals surface area contributed by atoms with E-state index in [1.807, 2.05) is 6.07 Å². The molecule has 23 heavy (non-hydrogen) atoms. The molecule has 0 fully saturated rings. The summed E-state index contributed by atoms with van der Waals surface area (Å²) in [5.74, 6) is 0.931. The zero-order valence-corrected chi connectivity index (χ0v) is 14.9. The van der Waals surface area contributed by atoms with E-state index in [9.17, 15) is 0 Å². The Bertz CT molecular complexity index is 608. The Morgan fingerprint density at radius 1 is 1.13 bits per heavy atom. The van der Waals surface area contributed by atoms with Crippen molar-refractivity contribution in [2.75, 3.05) is 32.1 Å². The molecule has 2 aromatic rings. The van der Waals surface area contributed by atoms with E-state index in [0.29, 0.717) is 6.04 Å². The van der Waals surface area contributed by atoms with Gasteiger partial charge in [-0.3, -0.25) is 0 Å². The minimum Gasteiger partial charge on any atom is -0.496 e. The van der Waals surface area contributed by atoms with Crippen LogP contribution in [0.4, 0.5) is 5.69 Å². The molecule has 0 heterocycles. The van der Waals surface area contributed by atoms with Crippen molar-refractivity contribution in [3.05, 3.63) is 36.4 Å². The van der Waals surface area contributed by atoms with Gasteiger partial charge in [-0.2, -0.15) is 0 Å². The third-order valence-electron chi connectivity index (χ3n) is 4.46. The van der Waals surface area contributed by atoms with E-state index in [-0.39, 0.29) is 0 Å². The zero-order chi connectivity index (χ0) is 16.7. The largest absolute Gasteiger partial charge is 0.496 e. The van der Waals surface area contributed by atoms with Crippen LogP contribution in [0.15, 0.2) is 36.4 Å². The minimum absolute atomic E-state index is 0.455. The molecule has 2 aromatic carbocycles. The second-order valence-electron chi connectivity index (χ2n) is 6.11. The molecule has 2 rings (SSSR count). The van der Waals surface area contributed by atoms with E-state index in [2.05, 4.69) is 61.3 Å². The Labute approximate surface area is 140 Å². The molecule has 126 valence electrons. The number of methoxy groups -OCH3 is 1. The van der Waals surface area contributed by atoms with Crippen LogP contribution in [0.25, 0.3) is 10.8 Å². The lowest BCUT2D eigenvalue weighted by Crippen LogP contribution is -2.25. The van der Waals surface area contributed by atoms with Crippen LogP contribution in [0.3, 0.4) is 0 Å². The fourth-order valence-electron chi connectivity index (χ4n) is 3.05. The van der Waals surface area contributed by atoms with Crippen LogP contribution in [0.2, 0.25) is 0 Å². The highest BCUT2D eigenvalue weighted by Crippen LogP contribution is 2.30.